The summed E-state index contributed by atoms with van der Waals surface area (Å²) in [6.45, 7) is 5.57. The van der Waals surface area contributed by atoms with Crippen LogP contribution in [0.2, 0.25) is 0 Å². The van der Waals surface area contributed by atoms with Gasteiger partial charge in [0.2, 0.25) is 5.91 Å². The van der Waals surface area contributed by atoms with Crippen molar-refractivity contribution in [1.29, 1.82) is 0 Å². The number of nitrogens with zero attached hydrogens (tertiary/aromatic N) is 1. The molecule has 0 heterocycles. The van der Waals surface area contributed by atoms with E-state index in [1.807, 2.05) is 43.0 Å². The van der Waals surface area contributed by atoms with Gasteiger partial charge >= 0.3 is 0 Å². The van der Waals surface area contributed by atoms with Crippen LogP contribution in [0.3, 0.4) is 0 Å². The van der Waals surface area contributed by atoms with Gasteiger partial charge in [0.25, 0.3) is 0 Å². The van der Waals surface area contributed by atoms with Crippen LogP contribution in [-0.2, 0) is 11.2 Å². The molecule has 1 rings (SSSR count). The zero-order valence-corrected chi connectivity index (χ0v) is 10.1. The second-order valence-corrected chi connectivity index (χ2v) is 3.81. The highest BCUT2D eigenvalue weighted by Gasteiger charge is 2.08. The summed E-state index contributed by atoms with van der Waals surface area (Å²) in [6.07, 6.45) is 1.32. The number of anilines is 1. The maximum Gasteiger partial charge on any atom is 0.222 e. The lowest BCUT2D eigenvalue weighted by atomic mass is 10.1. The van der Waals surface area contributed by atoms with Crippen LogP contribution in [-0.4, -0.2) is 23.9 Å². The molecule has 0 spiro atoms. The van der Waals surface area contributed by atoms with E-state index in [0.717, 1.165) is 30.8 Å². The number of carbonyl (C=O) groups is 1. The van der Waals surface area contributed by atoms with Crippen LogP contribution in [0.4, 0.5) is 5.69 Å². The fourth-order valence-electron chi connectivity index (χ4n) is 1.73. The van der Waals surface area contributed by atoms with Crippen molar-refractivity contribution in [2.24, 2.45) is 0 Å². The highest BCUT2D eigenvalue weighted by atomic mass is 16.2. The largest absolute Gasteiger partial charge is 0.399 e. The molecule has 0 saturated heterocycles. The van der Waals surface area contributed by atoms with Crippen molar-refractivity contribution in [3.63, 3.8) is 0 Å². The van der Waals surface area contributed by atoms with Crippen molar-refractivity contribution in [3.05, 3.63) is 29.8 Å². The summed E-state index contributed by atoms with van der Waals surface area (Å²) in [5.41, 5.74) is 7.56. The van der Waals surface area contributed by atoms with Gasteiger partial charge in [0.15, 0.2) is 0 Å². The Hall–Kier alpha value is -1.51. The quantitative estimate of drug-likeness (QED) is 0.772. The molecule has 1 amide bonds. The summed E-state index contributed by atoms with van der Waals surface area (Å²) >= 11 is 0. The molecule has 88 valence electrons. The highest BCUT2D eigenvalue weighted by Crippen LogP contribution is 2.09. The van der Waals surface area contributed by atoms with Gasteiger partial charge in [0, 0.05) is 25.2 Å². The second kappa shape index (κ2) is 6.16. The Kier molecular flexibility index (Phi) is 4.83. The Balaban J connectivity index is 2.48. The zero-order valence-electron chi connectivity index (χ0n) is 10.1. The summed E-state index contributed by atoms with van der Waals surface area (Å²) < 4.78 is 0. The van der Waals surface area contributed by atoms with Crippen LogP contribution in [0.1, 0.15) is 25.8 Å². The number of aryl methyl sites for hydroxylation is 1. The minimum Gasteiger partial charge on any atom is -0.399 e. The molecule has 16 heavy (non-hydrogen) atoms. The monoisotopic (exact) mass is 220 g/mol. The molecule has 1 aromatic carbocycles. The van der Waals surface area contributed by atoms with Crippen molar-refractivity contribution in [3.8, 4) is 0 Å². The molecular formula is C13H20N2O. The predicted molar refractivity (Wildman–Crippen MR) is 67.1 cm³/mol. The molecule has 0 radical (unpaired) electrons. The molecule has 3 heteroatoms. The predicted octanol–water partition coefficient (Wildman–Crippen LogP) is 2.07. The Labute approximate surface area is 97.2 Å². The van der Waals surface area contributed by atoms with E-state index in [-0.39, 0.29) is 5.91 Å². The molecular weight excluding hydrogens is 200 g/mol. The Morgan fingerprint density at radius 2 is 2.00 bits per heavy atom. The number of carbonyl (C=O) groups excluding carboxylic acids is 1. The van der Waals surface area contributed by atoms with E-state index in [1.54, 1.807) is 0 Å². The Morgan fingerprint density at radius 3 is 2.56 bits per heavy atom. The van der Waals surface area contributed by atoms with E-state index >= 15 is 0 Å². The van der Waals surface area contributed by atoms with Gasteiger partial charge in [-0.05, 0) is 38.0 Å². The number of benzene rings is 1. The smallest absolute Gasteiger partial charge is 0.222 e. The summed E-state index contributed by atoms with van der Waals surface area (Å²) in [7, 11) is 0. The maximum absolute atomic E-state index is 11.8. The Morgan fingerprint density at radius 1 is 1.31 bits per heavy atom. The number of nitrogens with two attached hydrogens (primary N) is 1. The number of rotatable bonds is 5. The normalized spacial score (nSPS) is 10.1. The first-order valence-electron chi connectivity index (χ1n) is 5.79. The van der Waals surface area contributed by atoms with Gasteiger partial charge in [-0.1, -0.05) is 12.1 Å². The van der Waals surface area contributed by atoms with Gasteiger partial charge in [-0.3, -0.25) is 4.79 Å². The third-order valence-electron chi connectivity index (χ3n) is 2.69. The third-order valence-corrected chi connectivity index (χ3v) is 2.69. The van der Waals surface area contributed by atoms with Crippen LogP contribution in [0.5, 0.6) is 0 Å². The number of nitrogen functional groups attached to an aromatic ring is 1. The second-order valence-electron chi connectivity index (χ2n) is 3.81. The molecule has 0 aliphatic carbocycles. The van der Waals surface area contributed by atoms with E-state index < -0.39 is 0 Å². The zero-order chi connectivity index (χ0) is 12.0. The summed E-state index contributed by atoms with van der Waals surface area (Å²) in [5.74, 6) is 0.215. The van der Waals surface area contributed by atoms with Crippen LogP contribution in [0.25, 0.3) is 0 Å². The van der Waals surface area contributed by atoms with E-state index in [1.165, 1.54) is 0 Å². The molecule has 1 aromatic rings. The van der Waals surface area contributed by atoms with Crippen LogP contribution < -0.4 is 5.73 Å². The molecule has 0 atom stereocenters. The SMILES string of the molecule is CCN(CC)C(=O)CCc1cccc(N)c1. The molecule has 0 bridgehead atoms. The first-order valence-corrected chi connectivity index (χ1v) is 5.79. The summed E-state index contributed by atoms with van der Waals surface area (Å²) in [4.78, 5) is 13.6. The molecule has 0 aromatic heterocycles. The topological polar surface area (TPSA) is 46.3 Å². The van der Waals surface area contributed by atoms with Crippen LogP contribution in [0.15, 0.2) is 24.3 Å². The molecule has 0 fully saturated rings. The van der Waals surface area contributed by atoms with E-state index in [0.29, 0.717) is 6.42 Å². The average Bonchev–Trinajstić information content (AvgIpc) is 2.28. The lowest BCUT2D eigenvalue weighted by Crippen LogP contribution is -2.30. The minimum atomic E-state index is 0.215. The van der Waals surface area contributed by atoms with E-state index in [2.05, 4.69) is 0 Å². The van der Waals surface area contributed by atoms with Gasteiger partial charge in [-0.25, -0.2) is 0 Å². The molecule has 2 N–H and O–H groups in total. The maximum atomic E-state index is 11.8. The average molecular weight is 220 g/mol. The van der Waals surface area contributed by atoms with Gasteiger partial charge in [-0.15, -0.1) is 0 Å². The lowest BCUT2D eigenvalue weighted by Gasteiger charge is -2.18. The standard InChI is InChI=1S/C13H20N2O/c1-3-15(4-2)13(16)9-8-11-6-5-7-12(14)10-11/h5-7,10H,3-4,8-9,14H2,1-2H3. The van der Waals surface area contributed by atoms with E-state index in [9.17, 15) is 4.79 Å². The lowest BCUT2D eigenvalue weighted by molar-refractivity contribution is -0.130. The van der Waals surface area contributed by atoms with Crippen molar-refractivity contribution in [2.75, 3.05) is 18.8 Å². The molecule has 0 saturated carbocycles. The van der Waals surface area contributed by atoms with Crippen molar-refractivity contribution >= 4 is 11.6 Å². The third kappa shape index (κ3) is 3.57. The van der Waals surface area contributed by atoms with Crippen molar-refractivity contribution in [1.82, 2.24) is 4.90 Å². The number of amides is 1. The first-order chi connectivity index (χ1) is 7.67. The van der Waals surface area contributed by atoms with Crippen molar-refractivity contribution < 1.29 is 4.79 Å². The van der Waals surface area contributed by atoms with Crippen LogP contribution >= 0.6 is 0 Å². The fourth-order valence-corrected chi connectivity index (χ4v) is 1.73. The molecule has 0 unspecified atom stereocenters. The molecule has 0 aliphatic rings. The van der Waals surface area contributed by atoms with Crippen molar-refractivity contribution in [2.45, 2.75) is 26.7 Å². The Bertz CT molecular complexity index is 346. The summed E-state index contributed by atoms with van der Waals surface area (Å²) in [5, 5.41) is 0. The minimum absolute atomic E-state index is 0.215. The van der Waals surface area contributed by atoms with E-state index in [4.69, 9.17) is 5.73 Å². The fraction of sp³-hybridized carbons (Fsp3) is 0.462. The van der Waals surface area contributed by atoms with Gasteiger partial charge in [-0.2, -0.15) is 0 Å². The van der Waals surface area contributed by atoms with Gasteiger partial charge in [0.05, 0.1) is 0 Å². The first kappa shape index (κ1) is 12.6. The van der Waals surface area contributed by atoms with Gasteiger partial charge in [0.1, 0.15) is 0 Å². The number of hydrogen-bond donors (Lipinski definition) is 1. The molecule has 3 nitrogen and oxygen atoms in total. The van der Waals surface area contributed by atoms with Gasteiger partial charge < -0.3 is 10.6 Å². The van der Waals surface area contributed by atoms with Crippen LogP contribution in [0, 0.1) is 0 Å². The molecule has 0 aliphatic heterocycles. The highest BCUT2D eigenvalue weighted by molar-refractivity contribution is 5.76. The summed E-state index contributed by atoms with van der Waals surface area (Å²) in [6, 6.07) is 7.71. The number of hydrogen-bond acceptors (Lipinski definition) is 2.